The van der Waals surface area contributed by atoms with Gasteiger partial charge in [0, 0.05) is 32.9 Å². The summed E-state index contributed by atoms with van der Waals surface area (Å²) in [7, 11) is 1.71. The quantitative estimate of drug-likeness (QED) is 0.730. The molecule has 1 aliphatic heterocycles. The number of carbonyl (C=O) groups excluding carboxylic acids is 1. The van der Waals surface area contributed by atoms with E-state index in [2.05, 4.69) is 5.32 Å². The molecule has 1 saturated heterocycles. The van der Waals surface area contributed by atoms with E-state index < -0.39 is 5.41 Å². The number of nitrogens with one attached hydrogen (secondary N) is 1. The van der Waals surface area contributed by atoms with Crippen molar-refractivity contribution in [1.82, 2.24) is 5.32 Å². The van der Waals surface area contributed by atoms with Crippen molar-refractivity contribution in [2.75, 3.05) is 26.9 Å². The summed E-state index contributed by atoms with van der Waals surface area (Å²) in [4.78, 5) is 12.3. The maximum absolute atomic E-state index is 12.3. The van der Waals surface area contributed by atoms with Gasteiger partial charge in [-0.1, -0.05) is 0 Å². The molecule has 0 bridgehead atoms. The summed E-state index contributed by atoms with van der Waals surface area (Å²) in [5.41, 5.74) is 5.38. The molecule has 0 aromatic carbocycles. The molecule has 0 unspecified atom stereocenters. The lowest BCUT2D eigenvalue weighted by Gasteiger charge is -2.40. The van der Waals surface area contributed by atoms with Gasteiger partial charge >= 0.3 is 0 Å². The minimum absolute atomic E-state index is 0.0999. The molecule has 5 nitrogen and oxygen atoms in total. The third kappa shape index (κ3) is 2.61. The van der Waals surface area contributed by atoms with Crippen LogP contribution in [0.15, 0.2) is 0 Å². The van der Waals surface area contributed by atoms with Crippen LogP contribution >= 0.6 is 0 Å². The molecular formula is C12H22N2O3. The Morgan fingerprint density at radius 3 is 2.65 bits per heavy atom. The Hall–Kier alpha value is -0.650. The molecule has 1 heterocycles. The zero-order chi connectivity index (χ0) is 12.3. The van der Waals surface area contributed by atoms with Crippen LogP contribution in [0.1, 0.15) is 25.7 Å². The minimum atomic E-state index is -0.406. The first-order valence-electron chi connectivity index (χ1n) is 6.32. The Labute approximate surface area is 102 Å². The summed E-state index contributed by atoms with van der Waals surface area (Å²) in [5.74, 6) is 0.0999. The Balaban J connectivity index is 1.85. The average Bonchev–Trinajstić information content (AvgIpc) is 2.33. The molecule has 3 N–H and O–H groups in total. The highest BCUT2D eigenvalue weighted by Gasteiger charge is 2.41. The highest BCUT2D eigenvalue weighted by Crippen LogP contribution is 2.31. The third-order valence-electron chi connectivity index (χ3n) is 4.09. The van der Waals surface area contributed by atoms with Crippen molar-refractivity contribution in [3.63, 3.8) is 0 Å². The van der Waals surface area contributed by atoms with Crippen LogP contribution in [0.4, 0.5) is 0 Å². The smallest absolute Gasteiger partial charge is 0.227 e. The Kier molecular flexibility index (Phi) is 4.01. The lowest BCUT2D eigenvalue weighted by atomic mass is 9.78. The monoisotopic (exact) mass is 242 g/mol. The fourth-order valence-corrected chi connectivity index (χ4v) is 2.50. The van der Waals surface area contributed by atoms with Gasteiger partial charge in [-0.3, -0.25) is 4.79 Å². The Morgan fingerprint density at radius 2 is 2.12 bits per heavy atom. The van der Waals surface area contributed by atoms with E-state index in [1.807, 2.05) is 0 Å². The maximum atomic E-state index is 12.3. The predicted octanol–water partition coefficient (Wildman–Crippen LogP) is 0.0355. The van der Waals surface area contributed by atoms with E-state index in [-0.39, 0.29) is 11.9 Å². The third-order valence-corrected chi connectivity index (χ3v) is 4.09. The summed E-state index contributed by atoms with van der Waals surface area (Å²) in [6, 6.07) is 0.263. The number of methoxy groups -OCH3 is 1. The van der Waals surface area contributed by atoms with Gasteiger partial charge in [0.1, 0.15) is 0 Å². The number of ether oxygens (including phenoxy) is 2. The van der Waals surface area contributed by atoms with Crippen molar-refractivity contribution in [2.45, 2.75) is 37.8 Å². The highest BCUT2D eigenvalue weighted by atomic mass is 16.5. The summed E-state index contributed by atoms with van der Waals surface area (Å²) >= 11 is 0. The van der Waals surface area contributed by atoms with Gasteiger partial charge in [0.05, 0.1) is 11.5 Å². The Bertz CT molecular complexity index is 271. The maximum Gasteiger partial charge on any atom is 0.227 e. The van der Waals surface area contributed by atoms with Crippen LogP contribution in [-0.4, -0.2) is 44.9 Å². The molecule has 2 fully saturated rings. The van der Waals surface area contributed by atoms with Crippen molar-refractivity contribution in [3.05, 3.63) is 0 Å². The average molecular weight is 242 g/mol. The predicted molar refractivity (Wildman–Crippen MR) is 63.5 cm³/mol. The lowest BCUT2D eigenvalue weighted by Crippen LogP contribution is -2.55. The molecular weight excluding hydrogens is 220 g/mol. The first-order chi connectivity index (χ1) is 8.20. The van der Waals surface area contributed by atoms with Crippen molar-refractivity contribution in [3.8, 4) is 0 Å². The van der Waals surface area contributed by atoms with Gasteiger partial charge in [0.25, 0.3) is 0 Å². The van der Waals surface area contributed by atoms with Crippen LogP contribution in [0.5, 0.6) is 0 Å². The zero-order valence-corrected chi connectivity index (χ0v) is 10.4. The van der Waals surface area contributed by atoms with Crippen LogP contribution in [-0.2, 0) is 14.3 Å². The molecule has 0 radical (unpaired) electrons. The molecule has 2 aliphatic rings. The van der Waals surface area contributed by atoms with E-state index in [9.17, 15) is 4.79 Å². The number of rotatable bonds is 4. The molecule has 0 spiro atoms. The number of amides is 1. The molecule has 17 heavy (non-hydrogen) atoms. The van der Waals surface area contributed by atoms with E-state index >= 15 is 0 Å². The van der Waals surface area contributed by atoms with E-state index in [1.165, 1.54) is 0 Å². The second-order valence-electron chi connectivity index (χ2n) is 5.10. The molecule has 98 valence electrons. The summed E-state index contributed by atoms with van der Waals surface area (Å²) < 4.78 is 10.5. The van der Waals surface area contributed by atoms with Gasteiger partial charge in [-0.15, -0.1) is 0 Å². The van der Waals surface area contributed by atoms with Crippen LogP contribution in [0.2, 0.25) is 0 Å². The first kappa shape index (κ1) is 12.8. The van der Waals surface area contributed by atoms with E-state index in [4.69, 9.17) is 15.2 Å². The first-order valence-corrected chi connectivity index (χ1v) is 6.32. The van der Waals surface area contributed by atoms with Gasteiger partial charge < -0.3 is 20.5 Å². The zero-order valence-electron chi connectivity index (χ0n) is 10.4. The molecule has 1 amide bonds. The van der Waals surface area contributed by atoms with Gasteiger partial charge in [-0.25, -0.2) is 0 Å². The Morgan fingerprint density at radius 1 is 1.47 bits per heavy atom. The topological polar surface area (TPSA) is 73.6 Å². The standard InChI is InChI=1S/C12H22N2O3/c1-16-10-6-9(7-10)14-11(15)12(8-13)2-4-17-5-3-12/h9-10H,2-8,13H2,1H3,(H,14,15). The van der Waals surface area contributed by atoms with E-state index in [1.54, 1.807) is 7.11 Å². The normalized spacial score (nSPS) is 31.6. The molecule has 1 saturated carbocycles. The van der Waals surface area contributed by atoms with Crippen LogP contribution in [0.3, 0.4) is 0 Å². The molecule has 0 atom stereocenters. The van der Waals surface area contributed by atoms with Crippen molar-refractivity contribution < 1.29 is 14.3 Å². The summed E-state index contributed by atoms with van der Waals surface area (Å²) in [5, 5.41) is 3.09. The van der Waals surface area contributed by atoms with Crippen molar-refractivity contribution in [2.24, 2.45) is 11.1 Å². The minimum Gasteiger partial charge on any atom is -0.381 e. The molecule has 5 heteroatoms. The molecule has 2 rings (SSSR count). The van der Waals surface area contributed by atoms with Gasteiger partial charge in [-0.05, 0) is 25.7 Å². The van der Waals surface area contributed by atoms with Crippen molar-refractivity contribution in [1.29, 1.82) is 0 Å². The van der Waals surface area contributed by atoms with E-state index in [0.29, 0.717) is 25.9 Å². The molecule has 0 aromatic rings. The summed E-state index contributed by atoms with van der Waals surface area (Å²) in [6.45, 7) is 1.68. The van der Waals surface area contributed by atoms with Crippen molar-refractivity contribution >= 4 is 5.91 Å². The number of hydrogen-bond donors (Lipinski definition) is 2. The van der Waals surface area contributed by atoms with Gasteiger partial charge in [0.2, 0.25) is 5.91 Å². The molecule has 1 aliphatic carbocycles. The summed E-state index contributed by atoms with van der Waals surface area (Å²) in [6.07, 6.45) is 3.61. The number of carbonyl (C=O) groups is 1. The largest absolute Gasteiger partial charge is 0.381 e. The number of hydrogen-bond acceptors (Lipinski definition) is 4. The van der Waals surface area contributed by atoms with Crippen LogP contribution in [0, 0.1) is 5.41 Å². The van der Waals surface area contributed by atoms with E-state index in [0.717, 1.165) is 25.7 Å². The second kappa shape index (κ2) is 5.33. The number of nitrogens with two attached hydrogens (primary N) is 1. The second-order valence-corrected chi connectivity index (χ2v) is 5.10. The van der Waals surface area contributed by atoms with Crippen LogP contribution < -0.4 is 11.1 Å². The fraction of sp³-hybridized carbons (Fsp3) is 0.917. The fourth-order valence-electron chi connectivity index (χ4n) is 2.50. The molecule has 0 aromatic heterocycles. The van der Waals surface area contributed by atoms with Gasteiger partial charge in [0.15, 0.2) is 0 Å². The van der Waals surface area contributed by atoms with Gasteiger partial charge in [-0.2, -0.15) is 0 Å². The van der Waals surface area contributed by atoms with Crippen LogP contribution in [0.25, 0.3) is 0 Å². The highest BCUT2D eigenvalue weighted by molar-refractivity contribution is 5.83. The lowest BCUT2D eigenvalue weighted by molar-refractivity contribution is -0.138. The SMILES string of the molecule is COC1CC(NC(=O)C2(CN)CCOCC2)C1.